The molecule has 1 N–H and O–H groups in total. The third-order valence-corrected chi connectivity index (χ3v) is 2.02. The van der Waals surface area contributed by atoms with Crippen molar-refractivity contribution in [3.63, 3.8) is 0 Å². The molecule has 96 valence electrons. The fraction of sp³-hybridized carbons (Fsp3) is 0.333. The predicted octanol–water partition coefficient (Wildman–Crippen LogP) is 1.42. The summed E-state index contributed by atoms with van der Waals surface area (Å²) in [6, 6.07) is 6.45. The Balaban J connectivity index is 2.58. The van der Waals surface area contributed by atoms with Crippen LogP contribution in [0.3, 0.4) is 0 Å². The van der Waals surface area contributed by atoms with Gasteiger partial charge in [-0.1, -0.05) is 12.1 Å². The molecule has 1 rings (SSSR count). The highest BCUT2D eigenvalue weighted by atomic mass is 19.1. The molecule has 0 aliphatic heterocycles. The summed E-state index contributed by atoms with van der Waals surface area (Å²) in [5, 5.41) is 11.1. The maximum absolute atomic E-state index is 13.3. The molecule has 0 bridgehead atoms. The first kappa shape index (κ1) is 14.1. The molecular formula is C12H13FN2O3. The maximum atomic E-state index is 13.3. The Morgan fingerprint density at radius 2 is 2.22 bits per heavy atom. The van der Waals surface area contributed by atoms with Gasteiger partial charge in [-0.25, -0.2) is 14.2 Å². The third kappa shape index (κ3) is 4.13. The van der Waals surface area contributed by atoms with E-state index < -0.39 is 17.8 Å². The van der Waals surface area contributed by atoms with E-state index in [1.807, 2.05) is 6.07 Å². The molecule has 1 unspecified atom stereocenters. The molecule has 0 heterocycles. The number of nitrogens with one attached hydrogen (secondary N) is 1. The molecule has 0 aliphatic rings. The fourth-order valence-corrected chi connectivity index (χ4v) is 1.19. The molecule has 0 radical (unpaired) electrons. The van der Waals surface area contributed by atoms with E-state index in [9.17, 15) is 9.18 Å². The van der Waals surface area contributed by atoms with E-state index in [0.29, 0.717) is 6.61 Å². The number of nitriles is 1. The Labute approximate surface area is 104 Å². The zero-order valence-electron chi connectivity index (χ0n) is 9.85. The van der Waals surface area contributed by atoms with Gasteiger partial charge in [0.25, 0.3) is 5.91 Å². The molecule has 1 amide bonds. The van der Waals surface area contributed by atoms with Crippen LogP contribution in [-0.4, -0.2) is 25.2 Å². The highest BCUT2D eigenvalue weighted by Gasteiger charge is 2.16. The van der Waals surface area contributed by atoms with E-state index in [-0.39, 0.29) is 12.2 Å². The monoisotopic (exact) mass is 252 g/mol. The average Bonchev–Trinajstić information content (AvgIpc) is 2.38. The van der Waals surface area contributed by atoms with E-state index in [0.717, 1.165) is 0 Å². The van der Waals surface area contributed by atoms with Gasteiger partial charge in [0.1, 0.15) is 18.5 Å². The smallest absolute Gasteiger partial charge is 0.255 e. The van der Waals surface area contributed by atoms with Gasteiger partial charge >= 0.3 is 0 Å². The van der Waals surface area contributed by atoms with Crippen molar-refractivity contribution in [2.75, 3.05) is 13.2 Å². The molecule has 18 heavy (non-hydrogen) atoms. The van der Waals surface area contributed by atoms with Crippen LogP contribution >= 0.6 is 0 Å². The molecule has 0 aromatic heterocycles. The molecule has 5 nitrogen and oxygen atoms in total. The zero-order chi connectivity index (χ0) is 13.4. The van der Waals surface area contributed by atoms with Gasteiger partial charge in [-0.2, -0.15) is 5.26 Å². The van der Waals surface area contributed by atoms with Crippen LogP contribution in [0.25, 0.3) is 0 Å². The Morgan fingerprint density at radius 3 is 2.83 bits per heavy atom. The SMILES string of the molecule is CCOOCC(C#N)NC(=O)c1ccccc1F. The zero-order valence-corrected chi connectivity index (χ0v) is 9.85. The van der Waals surface area contributed by atoms with Crippen LogP contribution in [-0.2, 0) is 9.78 Å². The summed E-state index contributed by atoms with van der Waals surface area (Å²) in [6.07, 6.45) is 0. The predicted molar refractivity (Wildman–Crippen MR) is 60.8 cm³/mol. The summed E-state index contributed by atoms with van der Waals surface area (Å²) in [7, 11) is 0. The number of carbonyl (C=O) groups is 1. The average molecular weight is 252 g/mol. The molecule has 1 atom stereocenters. The first-order chi connectivity index (χ1) is 8.69. The number of carbonyl (C=O) groups excluding carboxylic acids is 1. The van der Waals surface area contributed by atoms with Gasteiger partial charge in [-0.3, -0.25) is 4.79 Å². The first-order valence-corrected chi connectivity index (χ1v) is 5.38. The summed E-state index contributed by atoms with van der Waals surface area (Å²) in [6.45, 7) is 1.93. The van der Waals surface area contributed by atoms with E-state index in [2.05, 4.69) is 15.1 Å². The van der Waals surface area contributed by atoms with Crippen LogP contribution < -0.4 is 5.32 Å². The van der Waals surface area contributed by atoms with Gasteiger partial charge < -0.3 is 5.32 Å². The van der Waals surface area contributed by atoms with Crippen molar-refractivity contribution < 1.29 is 19.0 Å². The van der Waals surface area contributed by atoms with E-state index in [4.69, 9.17) is 5.26 Å². The molecule has 6 heteroatoms. The Bertz CT molecular complexity index is 445. The quantitative estimate of drug-likeness (QED) is 0.472. The molecule has 0 saturated carbocycles. The van der Waals surface area contributed by atoms with Gasteiger partial charge in [-0.15, -0.1) is 0 Å². The van der Waals surface area contributed by atoms with E-state index in [1.165, 1.54) is 24.3 Å². The minimum absolute atomic E-state index is 0.117. The number of rotatable bonds is 6. The van der Waals surface area contributed by atoms with Crippen molar-refractivity contribution in [3.8, 4) is 6.07 Å². The topological polar surface area (TPSA) is 71.3 Å². The summed E-state index contributed by atoms with van der Waals surface area (Å²) in [5.74, 6) is -1.31. The number of benzene rings is 1. The van der Waals surface area contributed by atoms with Crippen molar-refractivity contribution >= 4 is 5.91 Å². The standard InChI is InChI=1S/C12H13FN2O3/c1-2-17-18-8-9(7-14)15-12(16)10-5-3-4-6-11(10)13/h3-6,9H,2,8H2,1H3,(H,15,16). The summed E-state index contributed by atoms with van der Waals surface area (Å²) >= 11 is 0. The lowest BCUT2D eigenvalue weighted by Crippen LogP contribution is -2.37. The summed E-state index contributed by atoms with van der Waals surface area (Å²) in [4.78, 5) is 20.9. The van der Waals surface area contributed by atoms with Crippen molar-refractivity contribution in [1.82, 2.24) is 5.32 Å². The van der Waals surface area contributed by atoms with Crippen molar-refractivity contribution in [2.24, 2.45) is 0 Å². The third-order valence-electron chi connectivity index (χ3n) is 2.02. The fourth-order valence-electron chi connectivity index (χ4n) is 1.19. The second-order valence-corrected chi connectivity index (χ2v) is 3.33. The second-order valence-electron chi connectivity index (χ2n) is 3.33. The number of halogens is 1. The van der Waals surface area contributed by atoms with E-state index in [1.54, 1.807) is 6.92 Å². The maximum Gasteiger partial charge on any atom is 0.255 e. The molecule has 0 saturated heterocycles. The first-order valence-electron chi connectivity index (χ1n) is 5.38. The Kier molecular flexibility index (Phi) is 5.77. The highest BCUT2D eigenvalue weighted by molar-refractivity contribution is 5.94. The lowest BCUT2D eigenvalue weighted by atomic mass is 10.2. The molecule has 0 aliphatic carbocycles. The van der Waals surface area contributed by atoms with Crippen LogP contribution in [0, 0.1) is 17.1 Å². The van der Waals surface area contributed by atoms with Crippen molar-refractivity contribution in [1.29, 1.82) is 5.26 Å². The van der Waals surface area contributed by atoms with Gasteiger partial charge in [0.05, 0.1) is 18.2 Å². The second kappa shape index (κ2) is 7.37. The molecule has 1 aromatic rings. The normalized spacial score (nSPS) is 11.6. The minimum Gasteiger partial charge on any atom is -0.334 e. The Morgan fingerprint density at radius 1 is 1.50 bits per heavy atom. The van der Waals surface area contributed by atoms with Crippen molar-refractivity contribution in [2.45, 2.75) is 13.0 Å². The lowest BCUT2D eigenvalue weighted by Gasteiger charge is -2.11. The number of hydrogen-bond acceptors (Lipinski definition) is 4. The minimum atomic E-state index is -0.899. The number of hydrogen-bond donors (Lipinski definition) is 1. The van der Waals surface area contributed by atoms with Crippen molar-refractivity contribution in [3.05, 3.63) is 35.6 Å². The van der Waals surface area contributed by atoms with Crippen LogP contribution in [0.5, 0.6) is 0 Å². The largest absolute Gasteiger partial charge is 0.334 e. The van der Waals surface area contributed by atoms with Crippen LogP contribution in [0.2, 0.25) is 0 Å². The van der Waals surface area contributed by atoms with Crippen LogP contribution in [0.4, 0.5) is 4.39 Å². The summed E-state index contributed by atoms with van der Waals surface area (Å²) in [5.41, 5.74) is -0.117. The highest BCUT2D eigenvalue weighted by Crippen LogP contribution is 2.06. The van der Waals surface area contributed by atoms with Gasteiger partial charge in [0, 0.05) is 0 Å². The molecule has 0 spiro atoms. The lowest BCUT2D eigenvalue weighted by molar-refractivity contribution is -0.292. The number of amides is 1. The van der Waals surface area contributed by atoms with E-state index >= 15 is 0 Å². The number of nitrogens with zero attached hydrogens (tertiary/aromatic N) is 1. The molecule has 1 aromatic carbocycles. The summed E-state index contributed by atoms with van der Waals surface area (Å²) < 4.78 is 13.3. The molecular weight excluding hydrogens is 239 g/mol. The van der Waals surface area contributed by atoms with Gasteiger partial charge in [0.15, 0.2) is 0 Å². The van der Waals surface area contributed by atoms with Crippen LogP contribution in [0.15, 0.2) is 24.3 Å². The Hall–Kier alpha value is -1.97. The van der Waals surface area contributed by atoms with Gasteiger partial charge in [0.2, 0.25) is 0 Å². The van der Waals surface area contributed by atoms with Crippen LogP contribution in [0.1, 0.15) is 17.3 Å². The van der Waals surface area contributed by atoms with Gasteiger partial charge in [-0.05, 0) is 19.1 Å². The molecule has 0 fully saturated rings.